The zero-order valence-corrected chi connectivity index (χ0v) is 50.4. The summed E-state index contributed by atoms with van der Waals surface area (Å²) < 4.78 is 5.69. The van der Waals surface area contributed by atoms with Gasteiger partial charge < -0.3 is 40.1 Å². The Morgan fingerprint density at radius 3 is 1.49 bits per heavy atom. The molecule has 4 heterocycles. The number of nitrogens with one attached hydrogen (secondary N) is 2. The van der Waals surface area contributed by atoms with E-state index in [9.17, 15) is 14.4 Å². The maximum Gasteiger partial charge on any atom is 0.338 e. The molecule has 4 aliphatic rings. The van der Waals surface area contributed by atoms with Gasteiger partial charge in [-0.1, -0.05) is 140 Å². The molecule has 0 unspecified atom stereocenters. The third-order valence-electron chi connectivity index (χ3n) is 16.8. The summed E-state index contributed by atoms with van der Waals surface area (Å²) in [4.78, 5) is 46.2. The van der Waals surface area contributed by atoms with Crippen molar-refractivity contribution in [2.75, 3.05) is 89.0 Å². The van der Waals surface area contributed by atoms with Gasteiger partial charge in [0.25, 0.3) is 5.91 Å². The third kappa shape index (κ3) is 19.9. The summed E-state index contributed by atoms with van der Waals surface area (Å²) in [6, 6.07) is 61.7. The molecular weight excluding hydrogens is 1040 g/mol. The number of hydrogen-bond donors (Lipinski definition) is 3. The van der Waals surface area contributed by atoms with Crippen LogP contribution in [-0.4, -0.2) is 123 Å². The monoisotopic (exact) mass is 1130 g/mol. The third-order valence-corrected chi connectivity index (χ3v) is 16.8. The van der Waals surface area contributed by atoms with Gasteiger partial charge in [-0.15, -0.1) is 0 Å². The molecule has 7 aromatic carbocycles. The van der Waals surface area contributed by atoms with E-state index in [0.717, 1.165) is 102 Å². The highest BCUT2D eigenvalue weighted by Gasteiger charge is 2.25. The molecule has 11 rings (SSSR count). The highest BCUT2D eigenvalue weighted by molar-refractivity contribution is 6.04. The smallest absolute Gasteiger partial charge is 0.338 e. The minimum absolute atomic E-state index is 0.0220. The fourth-order valence-electron chi connectivity index (χ4n) is 11.1. The zero-order chi connectivity index (χ0) is 59.0. The van der Waals surface area contributed by atoms with E-state index in [1.807, 2.05) is 42.5 Å². The molecule has 0 aromatic heterocycles. The summed E-state index contributed by atoms with van der Waals surface area (Å²) in [6.07, 6.45) is 11.6. The molecule has 0 saturated carbocycles. The number of esters is 1. The van der Waals surface area contributed by atoms with Crippen molar-refractivity contribution in [1.82, 2.24) is 14.7 Å². The number of aliphatic hydroxyl groups is 1. The normalized spacial score (nSPS) is 16.6. The Labute approximate surface area is 501 Å². The topological polar surface area (TPSA) is 118 Å². The summed E-state index contributed by atoms with van der Waals surface area (Å²) in [7, 11) is 6.28. The van der Waals surface area contributed by atoms with Gasteiger partial charge in [-0.25, -0.2) is 4.79 Å². The van der Waals surface area contributed by atoms with Crippen LogP contribution in [0.15, 0.2) is 182 Å². The van der Waals surface area contributed by atoms with Crippen LogP contribution in [-0.2, 0) is 16.0 Å². The van der Waals surface area contributed by atoms with Gasteiger partial charge in [0.15, 0.2) is 0 Å². The summed E-state index contributed by atoms with van der Waals surface area (Å²) in [5, 5.41) is 14.8. The lowest BCUT2D eigenvalue weighted by atomic mass is 9.89. The van der Waals surface area contributed by atoms with Gasteiger partial charge in [-0.2, -0.15) is 0 Å². The molecular formula is C73H90N6O5. The number of rotatable bonds is 13. The van der Waals surface area contributed by atoms with Crippen LogP contribution < -0.4 is 15.5 Å². The molecule has 0 atom stereocenters. The molecule has 0 bridgehead atoms. The lowest BCUT2D eigenvalue weighted by Crippen LogP contribution is -2.35. The molecule has 11 heteroatoms. The van der Waals surface area contributed by atoms with Crippen molar-refractivity contribution in [3.8, 4) is 22.3 Å². The molecule has 2 amide bonds. The fourth-order valence-corrected chi connectivity index (χ4v) is 11.1. The number of piperidine rings is 4. The van der Waals surface area contributed by atoms with Crippen LogP contribution in [0, 0.1) is 12.8 Å². The second-order valence-corrected chi connectivity index (χ2v) is 23.4. The number of ether oxygens (including phenoxy) is 1. The van der Waals surface area contributed by atoms with E-state index >= 15 is 0 Å². The number of aryl methyl sites for hydroxylation is 2. The Bertz CT molecular complexity index is 3020. The average Bonchev–Trinajstić information content (AvgIpc) is 3.72. The number of aliphatic hydroxyl groups excluding tert-OH is 1. The number of amides is 2. The predicted octanol–water partition coefficient (Wildman–Crippen LogP) is 14.3. The number of carbonyl (C=O) groups excluding carboxylic acids is 3. The molecule has 0 radical (unpaired) electrons. The first-order valence-corrected chi connectivity index (χ1v) is 30.7. The number of nitrogens with zero attached hydrogens (tertiary/aromatic N) is 4. The van der Waals surface area contributed by atoms with E-state index < -0.39 is 0 Å². The summed E-state index contributed by atoms with van der Waals surface area (Å²) in [6.45, 7) is 12.5. The summed E-state index contributed by atoms with van der Waals surface area (Å²) >= 11 is 0. The minimum atomic E-state index is -0.191. The van der Waals surface area contributed by atoms with E-state index in [4.69, 9.17) is 9.84 Å². The van der Waals surface area contributed by atoms with Crippen molar-refractivity contribution >= 4 is 34.8 Å². The van der Waals surface area contributed by atoms with Crippen molar-refractivity contribution < 1.29 is 24.2 Å². The molecule has 7 aromatic rings. The maximum atomic E-state index is 12.4. The zero-order valence-electron chi connectivity index (χ0n) is 50.4. The quantitative estimate of drug-likeness (QED) is 0.0970. The SMILES string of the molecule is CCCCc1ccc(-c2ccc(-c3ccc(C)cc3)cc2)cc1.CN1CCC(C(=O)Nc2ccc(C(=O)Nc3ccccc3)cc2)CC1.CN1CCC(O)CC1.CN1CCC(OC(=O)c2ccc(N3CCC(c4ccccc4)CC3)cc2)CC1. The Balaban J connectivity index is 0.000000154. The maximum absolute atomic E-state index is 12.4. The summed E-state index contributed by atoms with van der Waals surface area (Å²) in [5.74, 6) is 0.427. The van der Waals surface area contributed by atoms with Crippen LogP contribution in [0.5, 0.6) is 0 Å². The Kier molecular flexibility index (Phi) is 24.3. The van der Waals surface area contributed by atoms with E-state index in [2.05, 4.69) is 180 Å². The van der Waals surface area contributed by atoms with Gasteiger partial charge in [-0.3, -0.25) is 9.59 Å². The van der Waals surface area contributed by atoms with Gasteiger partial charge in [0.05, 0.1) is 11.7 Å². The number of benzene rings is 7. The van der Waals surface area contributed by atoms with Gasteiger partial charge >= 0.3 is 5.97 Å². The fraction of sp³-hybridized carbons (Fsp3) is 0.384. The first-order chi connectivity index (χ1) is 40.8. The number of carbonyl (C=O) groups is 3. The van der Waals surface area contributed by atoms with E-state index in [-0.39, 0.29) is 35.9 Å². The molecule has 4 saturated heterocycles. The minimum Gasteiger partial charge on any atom is -0.459 e. The molecule has 4 fully saturated rings. The van der Waals surface area contributed by atoms with Crippen LogP contribution in [0.2, 0.25) is 0 Å². The molecule has 4 aliphatic heterocycles. The number of para-hydroxylation sites is 1. The molecule has 0 spiro atoms. The predicted molar refractivity (Wildman–Crippen MR) is 346 cm³/mol. The van der Waals surface area contributed by atoms with Crippen molar-refractivity contribution in [1.29, 1.82) is 0 Å². The Hall–Kier alpha value is -7.41. The first-order valence-electron chi connectivity index (χ1n) is 30.7. The van der Waals surface area contributed by atoms with Gasteiger partial charge in [0, 0.05) is 67.8 Å². The number of hydrogen-bond acceptors (Lipinski definition) is 9. The first kappa shape index (κ1) is 62.6. The average molecular weight is 1130 g/mol. The number of likely N-dealkylation sites (tertiary alicyclic amines) is 3. The van der Waals surface area contributed by atoms with E-state index in [1.165, 1.54) is 76.7 Å². The van der Waals surface area contributed by atoms with Crippen LogP contribution in [0.4, 0.5) is 17.1 Å². The molecule has 84 heavy (non-hydrogen) atoms. The van der Waals surface area contributed by atoms with Crippen molar-refractivity contribution in [2.45, 2.75) is 103 Å². The molecule has 0 aliphatic carbocycles. The summed E-state index contributed by atoms with van der Waals surface area (Å²) in [5.41, 5.74) is 13.2. The van der Waals surface area contributed by atoms with E-state index in [0.29, 0.717) is 17.0 Å². The largest absolute Gasteiger partial charge is 0.459 e. The van der Waals surface area contributed by atoms with Crippen LogP contribution in [0.3, 0.4) is 0 Å². The standard InChI is InChI=1S/C24H30N2O2.C23H24.C20H23N3O2.C6H13NO/c1-25-15-13-23(14-16-25)28-24(27)21-7-9-22(10-8-21)26-17-11-20(12-18-26)19-5-3-2-4-6-19;1-3-4-5-19-8-12-21(13-9-19)23-16-14-22(15-17-23)20-10-6-18(2)7-11-20;1-23-13-11-16(12-14-23)20(25)22-18-9-7-15(8-10-18)19(24)21-17-5-3-2-4-6-17;1-7-4-2-6(8)3-5-7/h2-10,20,23H,11-18H2,1H3;6-17H,3-5H2,1-2H3;2-10,16H,11-14H2,1H3,(H,21,24)(H,22,25);6,8H,2-5H2,1H3. The van der Waals surface area contributed by atoms with Crippen molar-refractivity contribution in [3.05, 3.63) is 210 Å². The lowest BCUT2D eigenvalue weighted by Gasteiger charge is -2.34. The highest BCUT2D eigenvalue weighted by atomic mass is 16.5. The second kappa shape index (κ2) is 32.6. The van der Waals surface area contributed by atoms with Gasteiger partial charge in [0.2, 0.25) is 5.91 Å². The Morgan fingerprint density at radius 2 is 0.964 bits per heavy atom. The number of anilines is 3. The van der Waals surface area contributed by atoms with Crippen molar-refractivity contribution in [2.24, 2.45) is 5.92 Å². The lowest BCUT2D eigenvalue weighted by molar-refractivity contribution is -0.121. The highest BCUT2D eigenvalue weighted by Crippen LogP contribution is 2.31. The van der Waals surface area contributed by atoms with Crippen LogP contribution >= 0.6 is 0 Å². The van der Waals surface area contributed by atoms with Crippen molar-refractivity contribution in [3.63, 3.8) is 0 Å². The number of unbranched alkanes of at least 4 members (excludes halogenated alkanes) is 1. The van der Waals surface area contributed by atoms with Gasteiger partial charge in [0.1, 0.15) is 6.10 Å². The second-order valence-electron chi connectivity index (χ2n) is 23.4. The molecule has 11 nitrogen and oxygen atoms in total. The molecule has 442 valence electrons. The van der Waals surface area contributed by atoms with Crippen LogP contribution in [0.1, 0.15) is 114 Å². The van der Waals surface area contributed by atoms with E-state index in [1.54, 1.807) is 24.3 Å². The van der Waals surface area contributed by atoms with Gasteiger partial charge in [-0.05, 0) is 205 Å². The molecule has 3 N–H and O–H groups in total. The van der Waals surface area contributed by atoms with Crippen LogP contribution in [0.25, 0.3) is 22.3 Å². The Morgan fingerprint density at radius 1 is 0.500 bits per heavy atom.